The number of ether oxygens (including phenoxy) is 1. The van der Waals surface area contributed by atoms with Gasteiger partial charge in [0, 0.05) is 46.9 Å². The van der Waals surface area contributed by atoms with Crippen LogP contribution >= 0.6 is 0 Å². The zero-order valence-corrected chi connectivity index (χ0v) is 20.1. The molecule has 1 fully saturated rings. The van der Waals surface area contributed by atoms with Crippen molar-refractivity contribution in [1.29, 1.82) is 0 Å². The first-order valence-corrected chi connectivity index (χ1v) is 14.5. The minimum absolute atomic E-state index is 0.0315. The van der Waals surface area contributed by atoms with Crippen molar-refractivity contribution < 1.29 is 14.3 Å². The number of carbonyl (C=O) groups is 2. The Morgan fingerprint density at radius 2 is 2.06 bits per heavy atom. The number of urea groups is 1. The summed E-state index contributed by atoms with van der Waals surface area (Å²) < 4.78 is 7.71. The molecule has 31 heavy (non-hydrogen) atoms. The summed E-state index contributed by atoms with van der Waals surface area (Å²) in [6, 6.07) is 2.55. The van der Waals surface area contributed by atoms with Crippen LogP contribution in [0.4, 0.5) is 10.6 Å². The van der Waals surface area contributed by atoms with Gasteiger partial charge in [0.25, 0.3) is 0 Å². The average molecular weight is 447 g/mol. The van der Waals surface area contributed by atoms with Gasteiger partial charge in [0.1, 0.15) is 12.2 Å². The van der Waals surface area contributed by atoms with Gasteiger partial charge in [-0.1, -0.05) is 26.6 Å². The molecule has 1 aliphatic heterocycles. The lowest BCUT2D eigenvalue weighted by molar-refractivity contribution is -0.130. The minimum atomic E-state index is -1.11. The monoisotopic (exact) mass is 446 g/mol. The van der Waals surface area contributed by atoms with E-state index in [2.05, 4.69) is 47.2 Å². The third kappa shape index (κ3) is 6.76. The molecule has 0 radical (unpaired) electrons. The number of anilines is 1. The third-order valence-corrected chi connectivity index (χ3v) is 7.08. The van der Waals surface area contributed by atoms with Gasteiger partial charge in [-0.05, 0) is 24.4 Å². The van der Waals surface area contributed by atoms with Gasteiger partial charge in [-0.25, -0.2) is 14.8 Å². The Morgan fingerprint density at radius 1 is 1.29 bits per heavy atom. The van der Waals surface area contributed by atoms with Gasteiger partial charge in [-0.2, -0.15) is 0 Å². The molecule has 3 amide bonds. The van der Waals surface area contributed by atoms with Gasteiger partial charge in [0.05, 0.1) is 6.20 Å². The smallest absolute Gasteiger partial charge is 0.320 e. The van der Waals surface area contributed by atoms with Crippen molar-refractivity contribution in [3.63, 3.8) is 0 Å². The molecule has 2 aromatic rings. The van der Waals surface area contributed by atoms with E-state index in [1.54, 1.807) is 18.0 Å². The molecule has 2 atom stereocenters. The van der Waals surface area contributed by atoms with E-state index < -0.39 is 8.07 Å². The summed E-state index contributed by atoms with van der Waals surface area (Å²) in [6.07, 6.45) is 4.27. The third-order valence-electron chi connectivity index (χ3n) is 5.37. The number of piperidine rings is 1. The quantitative estimate of drug-likeness (QED) is 0.503. The van der Waals surface area contributed by atoms with Crippen molar-refractivity contribution in [1.82, 2.24) is 24.8 Å². The molecule has 0 saturated carbocycles. The number of rotatable bonds is 7. The molecule has 3 rings (SSSR count). The summed E-state index contributed by atoms with van der Waals surface area (Å²) in [4.78, 5) is 34.8. The molecular formula is C21H34N6O3Si. The van der Waals surface area contributed by atoms with Crippen LogP contribution in [0.5, 0.6) is 0 Å². The molecule has 0 spiro atoms. The van der Waals surface area contributed by atoms with Gasteiger partial charge in [0.15, 0.2) is 11.5 Å². The number of amides is 3. The summed E-state index contributed by atoms with van der Waals surface area (Å²) >= 11 is 0. The molecule has 3 heterocycles. The fraction of sp³-hybridized carbons (Fsp3) is 0.619. The Bertz CT molecular complexity index is 925. The second kappa shape index (κ2) is 9.78. The molecule has 1 aliphatic rings. The molecule has 0 aliphatic carbocycles. The van der Waals surface area contributed by atoms with Crippen LogP contribution in [-0.2, 0) is 16.3 Å². The molecule has 9 nitrogen and oxygen atoms in total. The first-order chi connectivity index (χ1) is 14.6. The highest BCUT2D eigenvalue weighted by Gasteiger charge is 2.27. The SMILES string of the molecule is CC(=O)N1C[C@H](C)C[C@@H](NC(=O)Nc2cnc3c(ccn3COCC[Si](C)(C)C)n2)C1. The van der Waals surface area contributed by atoms with E-state index >= 15 is 0 Å². The molecule has 1 saturated heterocycles. The topological polar surface area (TPSA) is 101 Å². The fourth-order valence-electron chi connectivity index (χ4n) is 3.72. The summed E-state index contributed by atoms with van der Waals surface area (Å²) in [5.41, 5.74) is 1.41. The van der Waals surface area contributed by atoms with Crippen molar-refractivity contribution >= 4 is 37.0 Å². The first kappa shape index (κ1) is 23.2. The number of fused-ring (bicyclic) bond motifs is 1. The van der Waals surface area contributed by atoms with E-state index in [-0.39, 0.29) is 18.0 Å². The maximum absolute atomic E-state index is 12.4. The summed E-state index contributed by atoms with van der Waals surface area (Å²) in [6.45, 7) is 13.0. The van der Waals surface area contributed by atoms with Crippen LogP contribution < -0.4 is 10.6 Å². The van der Waals surface area contributed by atoms with Gasteiger partial charge in [-0.15, -0.1) is 0 Å². The number of nitrogens with one attached hydrogen (secondary N) is 2. The first-order valence-electron chi connectivity index (χ1n) is 10.8. The van der Waals surface area contributed by atoms with Crippen molar-refractivity contribution in [3.05, 3.63) is 18.5 Å². The second-order valence-corrected chi connectivity index (χ2v) is 15.3. The molecule has 2 N–H and O–H groups in total. The molecule has 10 heteroatoms. The van der Waals surface area contributed by atoms with Crippen LogP contribution in [0.15, 0.2) is 18.5 Å². The largest absolute Gasteiger partial charge is 0.361 e. The standard InChI is InChI=1S/C21H34N6O3Si/c1-15-10-17(13-27(12-15)16(2)28)23-21(29)25-19-11-22-20-18(24-19)6-7-26(20)14-30-8-9-31(3,4)5/h6-7,11,15,17H,8-10,12-14H2,1-5H3,(H2,23,24,25,29)/t15-,17-/m1/s1. The highest BCUT2D eigenvalue weighted by Crippen LogP contribution is 2.17. The van der Waals surface area contributed by atoms with E-state index in [1.807, 2.05) is 16.8 Å². The zero-order chi connectivity index (χ0) is 22.6. The molecule has 0 bridgehead atoms. The van der Waals surface area contributed by atoms with Gasteiger partial charge in [-0.3, -0.25) is 10.1 Å². The maximum atomic E-state index is 12.4. The average Bonchev–Trinajstić information content (AvgIpc) is 3.06. The molecular weight excluding hydrogens is 412 g/mol. The Labute approximate surface area is 184 Å². The number of nitrogens with zero attached hydrogens (tertiary/aromatic N) is 4. The maximum Gasteiger partial charge on any atom is 0.320 e. The predicted octanol–water partition coefficient (Wildman–Crippen LogP) is 3.12. The van der Waals surface area contributed by atoms with Gasteiger partial charge in [0.2, 0.25) is 5.91 Å². The predicted molar refractivity (Wildman–Crippen MR) is 124 cm³/mol. The molecule has 2 aromatic heterocycles. The molecule has 0 unspecified atom stereocenters. The van der Waals surface area contributed by atoms with Crippen LogP contribution in [0.3, 0.4) is 0 Å². The molecule has 170 valence electrons. The molecule has 0 aromatic carbocycles. The number of aromatic nitrogens is 3. The van der Waals surface area contributed by atoms with Gasteiger partial charge < -0.3 is 19.5 Å². The Kier molecular flexibility index (Phi) is 7.32. The summed E-state index contributed by atoms with van der Waals surface area (Å²) in [5.74, 6) is 0.755. The lowest BCUT2D eigenvalue weighted by Gasteiger charge is -2.36. The summed E-state index contributed by atoms with van der Waals surface area (Å²) in [7, 11) is -1.11. The van der Waals surface area contributed by atoms with Crippen LogP contribution in [0.2, 0.25) is 25.7 Å². The zero-order valence-electron chi connectivity index (χ0n) is 19.1. The van der Waals surface area contributed by atoms with E-state index in [1.165, 1.54) is 0 Å². The number of likely N-dealkylation sites (tertiary alicyclic amines) is 1. The van der Waals surface area contributed by atoms with Crippen molar-refractivity contribution in [2.24, 2.45) is 5.92 Å². The van der Waals surface area contributed by atoms with Crippen LogP contribution in [0, 0.1) is 5.92 Å². The van der Waals surface area contributed by atoms with E-state index in [9.17, 15) is 9.59 Å². The fourth-order valence-corrected chi connectivity index (χ4v) is 4.47. The number of hydrogen-bond donors (Lipinski definition) is 2. The van der Waals surface area contributed by atoms with Crippen molar-refractivity contribution in [3.8, 4) is 0 Å². The number of hydrogen-bond acceptors (Lipinski definition) is 5. The van der Waals surface area contributed by atoms with Crippen LogP contribution in [0.25, 0.3) is 11.2 Å². The van der Waals surface area contributed by atoms with E-state index in [4.69, 9.17) is 4.74 Å². The minimum Gasteiger partial charge on any atom is -0.361 e. The van der Waals surface area contributed by atoms with Crippen LogP contribution in [0.1, 0.15) is 20.3 Å². The Morgan fingerprint density at radius 3 is 2.77 bits per heavy atom. The summed E-state index contributed by atoms with van der Waals surface area (Å²) in [5, 5.41) is 5.70. The normalized spacial score (nSPS) is 19.5. The highest BCUT2D eigenvalue weighted by molar-refractivity contribution is 6.76. The van der Waals surface area contributed by atoms with Gasteiger partial charge >= 0.3 is 6.03 Å². The van der Waals surface area contributed by atoms with Crippen molar-refractivity contribution in [2.45, 2.75) is 58.7 Å². The van der Waals surface area contributed by atoms with E-state index in [0.29, 0.717) is 30.5 Å². The lowest BCUT2D eigenvalue weighted by Crippen LogP contribution is -2.52. The Balaban J connectivity index is 1.55. The highest BCUT2D eigenvalue weighted by atomic mass is 28.3. The van der Waals surface area contributed by atoms with Crippen LogP contribution in [-0.4, -0.2) is 65.2 Å². The lowest BCUT2D eigenvalue weighted by atomic mass is 9.96. The van der Waals surface area contributed by atoms with Crippen molar-refractivity contribution in [2.75, 3.05) is 25.0 Å². The van der Waals surface area contributed by atoms with E-state index in [0.717, 1.165) is 31.3 Å². The Hall–Kier alpha value is -2.46. The second-order valence-electron chi connectivity index (χ2n) is 9.66. The number of carbonyl (C=O) groups excluding carboxylic acids is 2.